The molecule has 2 saturated heterocycles. The highest BCUT2D eigenvalue weighted by atomic mass is 32.2. The van der Waals surface area contributed by atoms with Crippen molar-refractivity contribution in [3.8, 4) is 0 Å². The monoisotopic (exact) mass is 363 g/mol. The summed E-state index contributed by atoms with van der Waals surface area (Å²) in [5, 5.41) is 2.90. The van der Waals surface area contributed by atoms with Crippen LogP contribution in [-0.4, -0.2) is 78.6 Å². The third kappa shape index (κ3) is 5.20. The summed E-state index contributed by atoms with van der Waals surface area (Å²) >= 11 is 1.88. The van der Waals surface area contributed by atoms with Crippen molar-refractivity contribution in [2.45, 2.75) is 13.0 Å². The smallest absolute Gasteiger partial charge is 0.253 e. The third-order valence-electron chi connectivity index (χ3n) is 4.45. The van der Waals surface area contributed by atoms with Crippen LogP contribution in [0.2, 0.25) is 0 Å². The van der Waals surface area contributed by atoms with Gasteiger partial charge in [-0.1, -0.05) is 17.7 Å². The van der Waals surface area contributed by atoms with E-state index in [4.69, 9.17) is 4.74 Å². The van der Waals surface area contributed by atoms with Crippen molar-refractivity contribution >= 4 is 29.3 Å². The molecule has 2 amide bonds. The van der Waals surface area contributed by atoms with Crippen molar-refractivity contribution < 1.29 is 14.3 Å². The third-order valence-corrected chi connectivity index (χ3v) is 5.39. The number of carbonyl (C=O) groups excluding carboxylic acids is 2. The zero-order valence-corrected chi connectivity index (χ0v) is 15.4. The molecule has 0 radical (unpaired) electrons. The van der Waals surface area contributed by atoms with Crippen LogP contribution >= 0.6 is 11.8 Å². The minimum absolute atomic E-state index is 0.0592. The molecule has 7 heteroatoms. The number of ether oxygens (including phenoxy) is 1. The average Bonchev–Trinajstić information content (AvgIpc) is 2.64. The first-order valence-electron chi connectivity index (χ1n) is 8.69. The Kier molecular flexibility index (Phi) is 6.34. The summed E-state index contributed by atoms with van der Waals surface area (Å²) in [6.07, 6.45) is -0.455. The van der Waals surface area contributed by atoms with Gasteiger partial charge in [-0.3, -0.25) is 14.5 Å². The summed E-state index contributed by atoms with van der Waals surface area (Å²) in [6, 6.07) is 7.73. The van der Waals surface area contributed by atoms with E-state index in [0.717, 1.165) is 35.8 Å². The number of thioether (sulfide) groups is 1. The SMILES string of the molecule is Cc1ccc(NC(=O)CN2CCOC(C(=O)N3CCSCC3)C2)cc1. The van der Waals surface area contributed by atoms with E-state index in [0.29, 0.717) is 19.7 Å². The van der Waals surface area contributed by atoms with Gasteiger partial charge in [0.15, 0.2) is 0 Å². The fourth-order valence-corrected chi connectivity index (χ4v) is 3.93. The van der Waals surface area contributed by atoms with Crippen LogP contribution < -0.4 is 5.32 Å². The van der Waals surface area contributed by atoms with E-state index < -0.39 is 6.10 Å². The molecule has 2 fully saturated rings. The first-order valence-corrected chi connectivity index (χ1v) is 9.84. The van der Waals surface area contributed by atoms with Crippen LogP contribution in [0.4, 0.5) is 5.69 Å². The molecule has 0 aromatic heterocycles. The Hall–Kier alpha value is -1.57. The summed E-state index contributed by atoms with van der Waals surface area (Å²) < 4.78 is 5.66. The number of nitrogens with zero attached hydrogens (tertiary/aromatic N) is 2. The van der Waals surface area contributed by atoms with Gasteiger partial charge in [-0.2, -0.15) is 11.8 Å². The number of rotatable bonds is 4. The molecule has 1 unspecified atom stereocenters. The second kappa shape index (κ2) is 8.69. The van der Waals surface area contributed by atoms with Crippen LogP contribution in [0.25, 0.3) is 0 Å². The number of anilines is 1. The molecule has 0 aliphatic carbocycles. The number of amides is 2. The number of hydrogen-bond donors (Lipinski definition) is 1. The highest BCUT2D eigenvalue weighted by Gasteiger charge is 2.31. The van der Waals surface area contributed by atoms with Crippen LogP contribution in [0.5, 0.6) is 0 Å². The van der Waals surface area contributed by atoms with Crippen molar-refractivity contribution in [1.29, 1.82) is 0 Å². The fraction of sp³-hybridized carbons (Fsp3) is 0.556. The van der Waals surface area contributed by atoms with E-state index in [2.05, 4.69) is 5.32 Å². The van der Waals surface area contributed by atoms with Crippen molar-refractivity contribution in [3.63, 3.8) is 0 Å². The maximum atomic E-state index is 12.6. The number of carbonyl (C=O) groups is 2. The first-order chi connectivity index (χ1) is 12.1. The fourth-order valence-electron chi connectivity index (χ4n) is 3.02. The molecule has 1 aromatic carbocycles. The van der Waals surface area contributed by atoms with Gasteiger partial charge in [-0.15, -0.1) is 0 Å². The lowest BCUT2D eigenvalue weighted by atomic mass is 10.2. The predicted molar refractivity (Wildman–Crippen MR) is 99.9 cm³/mol. The van der Waals surface area contributed by atoms with E-state index in [1.165, 1.54) is 0 Å². The quantitative estimate of drug-likeness (QED) is 0.871. The summed E-state index contributed by atoms with van der Waals surface area (Å²) in [4.78, 5) is 28.7. The van der Waals surface area contributed by atoms with Gasteiger partial charge in [-0.05, 0) is 19.1 Å². The maximum Gasteiger partial charge on any atom is 0.253 e. The van der Waals surface area contributed by atoms with E-state index in [1.54, 1.807) is 0 Å². The minimum Gasteiger partial charge on any atom is -0.366 e. The highest BCUT2D eigenvalue weighted by molar-refractivity contribution is 7.99. The summed E-state index contributed by atoms with van der Waals surface area (Å²) in [5.74, 6) is 1.97. The Morgan fingerprint density at radius 2 is 1.92 bits per heavy atom. The van der Waals surface area contributed by atoms with E-state index in [9.17, 15) is 9.59 Å². The largest absolute Gasteiger partial charge is 0.366 e. The molecule has 0 bridgehead atoms. The van der Waals surface area contributed by atoms with Crippen LogP contribution in [-0.2, 0) is 14.3 Å². The molecule has 3 rings (SSSR count). The molecule has 2 aliphatic heterocycles. The normalized spacial score (nSPS) is 21.8. The lowest BCUT2D eigenvalue weighted by molar-refractivity contribution is -0.149. The Labute approximate surface area is 152 Å². The number of nitrogens with one attached hydrogen (secondary N) is 1. The Balaban J connectivity index is 1.49. The molecular weight excluding hydrogens is 338 g/mol. The first kappa shape index (κ1) is 18.2. The maximum absolute atomic E-state index is 12.6. The van der Waals surface area contributed by atoms with Crippen molar-refractivity contribution in [3.05, 3.63) is 29.8 Å². The van der Waals surface area contributed by atoms with Gasteiger partial charge in [0.25, 0.3) is 5.91 Å². The van der Waals surface area contributed by atoms with Crippen LogP contribution in [0.15, 0.2) is 24.3 Å². The Morgan fingerprint density at radius 1 is 1.20 bits per heavy atom. The molecule has 0 spiro atoms. The minimum atomic E-state index is -0.455. The molecule has 1 N–H and O–H groups in total. The van der Waals surface area contributed by atoms with Gasteiger partial charge < -0.3 is 15.0 Å². The second-order valence-corrected chi connectivity index (χ2v) is 7.67. The summed E-state index contributed by atoms with van der Waals surface area (Å²) in [6.45, 7) is 5.49. The average molecular weight is 363 g/mol. The van der Waals surface area contributed by atoms with Crippen LogP contribution in [0.3, 0.4) is 0 Å². The van der Waals surface area contributed by atoms with E-state index >= 15 is 0 Å². The van der Waals surface area contributed by atoms with Gasteiger partial charge in [-0.25, -0.2) is 0 Å². The molecule has 2 heterocycles. The van der Waals surface area contributed by atoms with Crippen LogP contribution in [0, 0.1) is 6.92 Å². The van der Waals surface area contributed by atoms with Crippen LogP contribution in [0.1, 0.15) is 5.56 Å². The van der Waals surface area contributed by atoms with Crippen molar-refractivity contribution in [2.75, 3.05) is 56.2 Å². The molecule has 136 valence electrons. The van der Waals surface area contributed by atoms with Gasteiger partial charge >= 0.3 is 0 Å². The lowest BCUT2D eigenvalue weighted by Crippen LogP contribution is -2.53. The lowest BCUT2D eigenvalue weighted by Gasteiger charge is -2.35. The molecular formula is C18H25N3O3S. The number of benzene rings is 1. The van der Waals surface area contributed by atoms with E-state index in [-0.39, 0.29) is 18.4 Å². The second-order valence-electron chi connectivity index (χ2n) is 6.45. The number of morpholine rings is 1. The molecule has 1 aromatic rings. The van der Waals surface area contributed by atoms with Gasteiger partial charge in [0.05, 0.1) is 13.2 Å². The number of aryl methyl sites for hydroxylation is 1. The molecule has 2 aliphatic rings. The highest BCUT2D eigenvalue weighted by Crippen LogP contribution is 2.14. The van der Waals surface area contributed by atoms with Crippen molar-refractivity contribution in [2.24, 2.45) is 0 Å². The number of hydrogen-bond acceptors (Lipinski definition) is 5. The standard InChI is InChI=1S/C18H25N3O3S/c1-14-2-4-15(5-3-14)19-17(22)13-20-6-9-24-16(12-20)18(23)21-7-10-25-11-8-21/h2-5,16H,6-13H2,1H3,(H,19,22). The molecule has 0 saturated carbocycles. The molecule has 25 heavy (non-hydrogen) atoms. The van der Waals surface area contributed by atoms with Gasteiger partial charge in [0, 0.05) is 43.4 Å². The molecule has 1 atom stereocenters. The topological polar surface area (TPSA) is 61.9 Å². The van der Waals surface area contributed by atoms with Gasteiger partial charge in [0.2, 0.25) is 5.91 Å². The summed E-state index contributed by atoms with van der Waals surface area (Å²) in [7, 11) is 0. The predicted octanol–water partition coefficient (Wildman–Crippen LogP) is 1.21. The Morgan fingerprint density at radius 3 is 2.64 bits per heavy atom. The summed E-state index contributed by atoms with van der Waals surface area (Å²) in [5.41, 5.74) is 1.95. The van der Waals surface area contributed by atoms with Crippen molar-refractivity contribution in [1.82, 2.24) is 9.80 Å². The molecule has 6 nitrogen and oxygen atoms in total. The van der Waals surface area contributed by atoms with E-state index in [1.807, 2.05) is 52.8 Å². The zero-order valence-electron chi connectivity index (χ0n) is 14.6. The van der Waals surface area contributed by atoms with Gasteiger partial charge in [0.1, 0.15) is 6.10 Å². The Bertz CT molecular complexity index is 602. The zero-order chi connectivity index (χ0) is 17.6.